The molecule has 0 spiro atoms. The van der Waals surface area contributed by atoms with Crippen molar-refractivity contribution in [1.29, 1.82) is 0 Å². The van der Waals surface area contributed by atoms with Gasteiger partial charge in [0, 0.05) is 18.7 Å². The highest BCUT2D eigenvalue weighted by atomic mass is 16.5. The van der Waals surface area contributed by atoms with Gasteiger partial charge in [-0.1, -0.05) is 24.9 Å². The Labute approximate surface area is 91.2 Å². The molecule has 1 heterocycles. The van der Waals surface area contributed by atoms with Gasteiger partial charge in [0.05, 0.1) is 5.69 Å². The summed E-state index contributed by atoms with van der Waals surface area (Å²) < 4.78 is 5.04. The van der Waals surface area contributed by atoms with Crippen LogP contribution in [0.1, 0.15) is 44.1 Å². The zero-order chi connectivity index (χ0) is 10.7. The maximum absolute atomic E-state index is 5.04. The van der Waals surface area contributed by atoms with Crippen LogP contribution in [0.15, 0.2) is 10.6 Å². The van der Waals surface area contributed by atoms with Crippen LogP contribution in [0.2, 0.25) is 0 Å². The molecule has 1 saturated carbocycles. The van der Waals surface area contributed by atoms with E-state index < -0.39 is 0 Å². The number of nitrogens with zero attached hydrogens (tertiary/aromatic N) is 1. The van der Waals surface area contributed by atoms with E-state index in [2.05, 4.69) is 17.4 Å². The van der Waals surface area contributed by atoms with Crippen molar-refractivity contribution in [3.8, 4) is 0 Å². The highest BCUT2D eigenvalue weighted by Crippen LogP contribution is 2.23. The predicted octanol–water partition coefficient (Wildman–Crippen LogP) is 2.65. The molecule has 1 aromatic heterocycles. The van der Waals surface area contributed by atoms with Crippen LogP contribution in [-0.4, -0.2) is 11.2 Å². The van der Waals surface area contributed by atoms with Gasteiger partial charge in [0.1, 0.15) is 5.76 Å². The van der Waals surface area contributed by atoms with Gasteiger partial charge in [-0.2, -0.15) is 0 Å². The molecule has 0 aliphatic heterocycles. The Morgan fingerprint density at radius 1 is 1.53 bits per heavy atom. The molecule has 3 heteroatoms. The Morgan fingerprint density at radius 2 is 2.40 bits per heavy atom. The highest BCUT2D eigenvalue weighted by molar-refractivity contribution is 5.03. The zero-order valence-electron chi connectivity index (χ0n) is 9.62. The minimum absolute atomic E-state index is 0.672. The fourth-order valence-corrected chi connectivity index (χ4v) is 2.37. The van der Waals surface area contributed by atoms with Crippen LogP contribution in [0.5, 0.6) is 0 Å². The Kier molecular flexibility index (Phi) is 3.41. The number of hydrogen-bond acceptors (Lipinski definition) is 3. The summed E-state index contributed by atoms with van der Waals surface area (Å²) in [6, 6.07) is 2.67. The SMILES string of the molecule is Cc1cc(CNC2CCCC(C)C2)no1. The van der Waals surface area contributed by atoms with Crippen LogP contribution in [0.25, 0.3) is 0 Å². The van der Waals surface area contributed by atoms with E-state index >= 15 is 0 Å². The zero-order valence-corrected chi connectivity index (χ0v) is 9.62. The second-order valence-electron chi connectivity index (χ2n) is 4.78. The second-order valence-corrected chi connectivity index (χ2v) is 4.78. The van der Waals surface area contributed by atoms with Crippen molar-refractivity contribution in [1.82, 2.24) is 10.5 Å². The van der Waals surface area contributed by atoms with Crippen molar-refractivity contribution in [2.24, 2.45) is 5.92 Å². The fourth-order valence-electron chi connectivity index (χ4n) is 2.37. The number of aryl methyl sites for hydroxylation is 1. The van der Waals surface area contributed by atoms with Crippen LogP contribution in [0.3, 0.4) is 0 Å². The predicted molar refractivity (Wildman–Crippen MR) is 59.5 cm³/mol. The molecule has 1 aromatic rings. The van der Waals surface area contributed by atoms with E-state index in [1.54, 1.807) is 0 Å². The molecule has 2 rings (SSSR count). The van der Waals surface area contributed by atoms with Crippen LogP contribution in [0.4, 0.5) is 0 Å². The van der Waals surface area contributed by atoms with E-state index in [-0.39, 0.29) is 0 Å². The first-order valence-electron chi connectivity index (χ1n) is 5.89. The van der Waals surface area contributed by atoms with E-state index in [9.17, 15) is 0 Å². The summed E-state index contributed by atoms with van der Waals surface area (Å²) in [5.41, 5.74) is 1.02. The minimum Gasteiger partial charge on any atom is -0.361 e. The first-order valence-corrected chi connectivity index (χ1v) is 5.89. The van der Waals surface area contributed by atoms with Crippen LogP contribution in [-0.2, 0) is 6.54 Å². The Balaban J connectivity index is 1.77. The summed E-state index contributed by atoms with van der Waals surface area (Å²) in [5, 5.41) is 7.54. The van der Waals surface area contributed by atoms with Gasteiger partial charge in [-0.25, -0.2) is 0 Å². The van der Waals surface area contributed by atoms with Gasteiger partial charge in [-0.3, -0.25) is 0 Å². The average molecular weight is 208 g/mol. The summed E-state index contributed by atoms with van der Waals surface area (Å²) in [4.78, 5) is 0. The van der Waals surface area contributed by atoms with Crippen molar-refractivity contribution < 1.29 is 4.52 Å². The number of nitrogens with one attached hydrogen (secondary N) is 1. The standard InChI is InChI=1S/C12H20N2O/c1-9-4-3-5-11(6-9)13-8-12-7-10(2)15-14-12/h7,9,11,13H,3-6,8H2,1-2H3. The molecule has 1 fully saturated rings. The van der Waals surface area contributed by atoms with Crippen molar-refractivity contribution in [2.45, 2.75) is 52.1 Å². The summed E-state index contributed by atoms with van der Waals surface area (Å²) in [6.45, 7) is 5.11. The summed E-state index contributed by atoms with van der Waals surface area (Å²) in [6.07, 6.45) is 5.36. The lowest BCUT2D eigenvalue weighted by molar-refractivity contribution is 0.297. The molecule has 1 N–H and O–H groups in total. The fraction of sp³-hybridized carbons (Fsp3) is 0.750. The van der Waals surface area contributed by atoms with Gasteiger partial charge in [-0.05, 0) is 25.7 Å². The van der Waals surface area contributed by atoms with Gasteiger partial charge < -0.3 is 9.84 Å². The summed E-state index contributed by atoms with van der Waals surface area (Å²) in [5.74, 6) is 1.76. The number of aromatic nitrogens is 1. The minimum atomic E-state index is 0.672. The number of rotatable bonds is 3. The maximum Gasteiger partial charge on any atom is 0.133 e. The Hall–Kier alpha value is -0.830. The van der Waals surface area contributed by atoms with E-state index in [0.29, 0.717) is 6.04 Å². The molecule has 1 aliphatic carbocycles. The Bertz CT molecular complexity index is 308. The highest BCUT2D eigenvalue weighted by Gasteiger charge is 2.18. The summed E-state index contributed by atoms with van der Waals surface area (Å²) in [7, 11) is 0. The van der Waals surface area contributed by atoms with Crippen molar-refractivity contribution in [3.05, 3.63) is 17.5 Å². The largest absolute Gasteiger partial charge is 0.361 e. The first-order chi connectivity index (χ1) is 7.24. The normalized spacial score (nSPS) is 26.8. The molecular formula is C12H20N2O. The molecule has 1 aliphatic rings. The lowest BCUT2D eigenvalue weighted by Gasteiger charge is -2.27. The van der Waals surface area contributed by atoms with Gasteiger partial charge >= 0.3 is 0 Å². The van der Waals surface area contributed by atoms with Crippen LogP contribution >= 0.6 is 0 Å². The molecule has 2 unspecified atom stereocenters. The molecule has 0 radical (unpaired) electrons. The lowest BCUT2D eigenvalue weighted by atomic mass is 9.87. The number of hydrogen-bond donors (Lipinski definition) is 1. The van der Waals surface area contributed by atoms with Crippen molar-refractivity contribution in [3.63, 3.8) is 0 Å². The molecular weight excluding hydrogens is 188 g/mol. The molecule has 0 saturated heterocycles. The van der Waals surface area contributed by atoms with Gasteiger partial charge in [-0.15, -0.1) is 0 Å². The van der Waals surface area contributed by atoms with Gasteiger partial charge in [0.2, 0.25) is 0 Å². The molecule has 0 aromatic carbocycles. The van der Waals surface area contributed by atoms with E-state index in [0.717, 1.165) is 23.9 Å². The monoisotopic (exact) mass is 208 g/mol. The first kappa shape index (κ1) is 10.7. The molecule has 0 bridgehead atoms. The van der Waals surface area contributed by atoms with Crippen LogP contribution in [0, 0.1) is 12.8 Å². The van der Waals surface area contributed by atoms with Crippen molar-refractivity contribution in [2.75, 3.05) is 0 Å². The molecule has 2 atom stereocenters. The Morgan fingerprint density at radius 3 is 3.07 bits per heavy atom. The summed E-state index contributed by atoms with van der Waals surface area (Å²) >= 11 is 0. The van der Waals surface area contributed by atoms with Gasteiger partial charge in [0.25, 0.3) is 0 Å². The molecule has 84 valence electrons. The smallest absolute Gasteiger partial charge is 0.133 e. The molecule has 15 heavy (non-hydrogen) atoms. The van der Waals surface area contributed by atoms with E-state index in [1.165, 1.54) is 25.7 Å². The second kappa shape index (κ2) is 4.79. The average Bonchev–Trinajstić information content (AvgIpc) is 2.62. The van der Waals surface area contributed by atoms with Crippen LogP contribution < -0.4 is 5.32 Å². The van der Waals surface area contributed by atoms with Gasteiger partial charge in [0.15, 0.2) is 0 Å². The van der Waals surface area contributed by atoms with E-state index in [1.807, 2.05) is 13.0 Å². The molecule has 3 nitrogen and oxygen atoms in total. The topological polar surface area (TPSA) is 38.1 Å². The third-order valence-electron chi connectivity index (χ3n) is 3.19. The maximum atomic E-state index is 5.04. The third-order valence-corrected chi connectivity index (χ3v) is 3.19. The molecule has 0 amide bonds. The third kappa shape index (κ3) is 3.06. The van der Waals surface area contributed by atoms with E-state index in [4.69, 9.17) is 4.52 Å². The lowest BCUT2D eigenvalue weighted by Crippen LogP contribution is -2.33. The quantitative estimate of drug-likeness (QED) is 0.829. The van der Waals surface area contributed by atoms with Crippen molar-refractivity contribution >= 4 is 0 Å².